The first kappa shape index (κ1) is 31.3. The number of rotatable bonds is 9. The molecular formula is C9H21CoN3O12. The quantitative estimate of drug-likeness (QED) is 0.153. The molecule has 0 aliphatic carbocycles. The standard InChI is InChI=1S/3C3H7NO4.Co/c3*5-1-3(2-6)4(7)8;/h3*3,5-6H,1-2H2;. The summed E-state index contributed by atoms with van der Waals surface area (Å²) in [7, 11) is 0. The molecule has 0 amide bonds. The predicted octanol–water partition coefficient (Wildman–Crippen LogP) is -4.15. The molecule has 0 aromatic carbocycles. The van der Waals surface area contributed by atoms with Gasteiger partial charge in [0, 0.05) is 31.5 Å². The van der Waals surface area contributed by atoms with Crippen molar-refractivity contribution in [2.75, 3.05) is 39.6 Å². The van der Waals surface area contributed by atoms with Crippen molar-refractivity contribution in [2.45, 2.75) is 18.1 Å². The molecule has 15 nitrogen and oxygen atoms in total. The van der Waals surface area contributed by atoms with Crippen LogP contribution in [0.3, 0.4) is 0 Å². The van der Waals surface area contributed by atoms with Crippen LogP contribution >= 0.6 is 0 Å². The van der Waals surface area contributed by atoms with E-state index in [1.54, 1.807) is 0 Å². The van der Waals surface area contributed by atoms with Crippen molar-refractivity contribution in [1.29, 1.82) is 0 Å². The van der Waals surface area contributed by atoms with Crippen molar-refractivity contribution in [1.82, 2.24) is 0 Å². The summed E-state index contributed by atoms with van der Waals surface area (Å²) in [5.74, 6) is 0. The minimum Gasteiger partial charge on any atom is -0.389 e. The topological polar surface area (TPSA) is 251 Å². The maximum Gasteiger partial charge on any atom is 0.258 e. The molecule has 0 aliphatic rings. The number of hydrogen-bond acceptors (Lipinski definition) is 12. The first-order valence-corrected chi connectivity index (χ1v) is 6.22. The summed E-state index contributed by atoms with van der Waals surface area (Å²) in [5.41, 5.74) is 0. The predicted molar refractivity (Wildman–Crippen MR) is 74.9 cm³/mol. The SMILES string of the molecule is O=[N+]([O-])C(CO)CO.O=[N+]([O-])C(CO)CO.O=[N+]([O-])C(CO)CO.[Co]. The van der Waals surface area contributed by atoms with Crippen LogP contribution in [0.5, 0.6) is 0 Å². The molecule has 0 unspecified atom stereocenters. The van der Waals surface area contributed by atoms with Gasteiger partial charge in [0.25, 0.3) is 18.1 Å². The van der Waals surface area contributed by atoms with E-state index in [2.05, 4.69) is 0 Å². The Balaban J connectivity index is -0.000000130. The first-order valence-electron chi connectivity index (χ1n) is 6.22. The van der Waals surface area contributed by atoms with Gasteiger partial charge in [0.1, 0.15) is 39.6 Å². The van der Waals surface area contributed by atoms with Crippen molar-refractivity contribution in [3.05, 3.63) is 30.3 Å². The summed E-state index contributed by atoms with van der Waals surface area (Å²) in [6, 6.07) is -3.64. The molecule has 16 heteroatoms. The van der Waals surface area contributed by atoms with Gasteiger partial charge in [-0.2, -0.15) is 0 Å². The fourth-order valence-corrected chi connectivity index (χ4v) is 0.573. The van der Waals surface area contributed by atoms with Gasteiger partial charge in [-0.1, -0.05) is 0 Å². The third-order valence-corrected chi connectivity index (χ3v) is 2.16. The fraction of sp³-hybridized carbons (Fsp3) is 1.00. The zero-order chi connectivity index (χ0) is 19.7. The summed E-state index contributed by atoms with van der Waals surface area (Å²) >= 11 is 0. The van der Waals surface area contributed by atoms with Crippen LogP contribution in [0.25, 0.3) is 0 Å². The number of hydrogen-bond donors (Lipinski definition) is 6. The molecule has 0 aliphatic heterocycles. The molecular weight excluding hydrogens is 401 g/mol. The van der Waals surface area contributed by atoms with Gasteiger partial charge in [-0.3, -0.25) is 30.3 Å². The van der Waals surface area contributed by atoms with Crippen LogP contribution in [0.4, 0.5) is 0 Å². The normalized spacial score (nSPS) is 9.48. The van der Waals surface area contributed by atoms with Gasteiger partial charge >= 0.3 is 0 Å². The Morgan fingerprint density at radius 1 is 0.520 bits per heavy atom. The molecule has 0 spiro atoms. The van der Waals surface area contributed by atoms with E-state index in [1.165, 1.54) is 0 Å². The van der Waals surface area contributed by atoms with E-state index >= 15 is 0 Å². The molecule has 0 saturated carbocycles. The Hall–Kier alpha value is -1.53. The second-order valence-electron chi connectivity index (χ2n) is 3.91. The van der Waals surface area contributed by atoms with Crippen LogP contribution in [0.1, 0.15) is 0 Å². The third kappa shape index (κ3) is 18.6. The fourth-order valence-electron chi connectivity index (χ4n) is 0.573. The largest absolute Gasteiger partial charge is 0.389 e. The molecule has 1 radical (unpaired) electrons. The van der Waals surface area contributed by atoms with Crippen molar-refractivity contribution < 1.29 is 62.2 Å². The maximum atomic E-state index is 9.65. The summed E-state index contributed by atoms with van der Waals surface area (Å²) in [5, 5.41) is 77.5. The van der Waals surface area contributed by atoms with Gasteiger partial charge < -0.3 is 30.6 Å². The number of nitrogens with zero attached hydrogens (tertiary/aromatic N) is 3. The molecule has 25 heavy (non-hydrogen) atoms. The smallest absolute Gasteiger partial charge is 0.258 e. The van der Waals surface area contributed by atoms with Crippen molar-refractivity contribution in [2.24, 2.45) is 0 Å². The minimum absolute atomic E-state index is 0. The van der Waals surface area contributed by atoms with Crippen LogP contribution in [0, 0.1) is 30.3 Å². The van der Waals surface area contributed by atoms with Gasteiger partial charge in [-0.15, -0.1) is 0 Å². The van der Waals surface area contributed by atoms with Crippen LogP contribution in [-0.2, 0) is 16.8 Å². The van der Waals surface area contributed by atoms with Crippen molar-refractivity contribution in [3.8, 4) is 0 Å². The van der Waals surface area contributed by atoms with Crippen molar-refractivity contribution >= 4 is 0 Å². The monoisotopic (exact) mass is 422 g/mol. The molecule has 0 heterocycles. The zero-order valence-corrected chi connectivity index (χ0v) is 13.8. The van der Waals surface area contributed by atoms with Crippen LogP contribution in [0.15, 0.2) is 0 Å². The Kier molecular flexibility index (Phi) is 25.6. The van der Waals surface area contributed by atoms with Gasteiger partial charge in [-0.05, 0) is 0 Å². The van der Waals surface area contributed by atoms with E-state index in [9.17, 15) is 30.3 Å². The Bertz CT molecular complexity index is 296. The Morgan fingerprint density at radius 3 is 0.640 bits per heavy atom. The summed E-state index contributed by atoms with van der Waals surface area (Å²) in [4.78, 5) is 26.8. The molecule has 0 atom stereocenters. The van der Waals surface area contributed by atoms with Gasteiger partial charge in [-0.25, -0.2) is 0 Å². The number of nitro groups is 3. The van der Waals surface area contributed by atoms with Crippen molar-refractivity contribution in [3.63, 3.8) is 0 Å². The van der Waals surface area contributed by atoms with Gasteiger partial charge in [0.15, 0.2) is 0 Å². The average Bonchev–Trinajstić information content (AvgIpc) is 2.51. The van der Waals surface area contributed by atoms with Crippen LogP contribution in [-0.4, -0.2) is 103 Å². The van der Waals surface area contributed by atoms with Crippen LogP contribution < -0.4 is 0 Å². The van der Waals surface area contributed by atoms with E-state index in [-0.39, 0.29) is 16.8 Å². The van der Waals surface area contributed by atoms with Gasteiger partial charge in [0.2, 0.25) is 0 Å². The maximum absolute atomic E-state index is 9.65. The van der Waals surface area contributed by atoms with E-state index in [1.807, 2.05) is 0 Å². The Labute approximate surface area is 151 Å². The second kappa shape index (κ2) is 20.5. The molecule has 0 aromatic heterocycles. The minimum atomic E-state index is -1.21. The number of aliphatic hydroxyl groups excluding tert-OH is 6. The third-order valence-electron chi connectivity index (χ3n) is 2.16. The van der Waals surface area contributed by atoms with E-state index in [0.717, 1.165) is 0 Å². The summed E-state index contributed by atoms with van der Waals surface area (Å²) in [6.45, 7) is -3.65. The Morgan fingerprint density at radius 2 is 0.640 bits per heavy atom. The number of aliphatic hydroxyl groups is 6. The summed E-state index contributed by atoms with van der Waals surface area (Å²) < 4.78 is 0. The molecule has 153 valence electrons. The van der Waals surface area contributed by atoms with E-state index in [4.69, 9.17) is 30.6 Å². The van der Waals surface area contributed by atoms with Gasteiger partial charge in [0.05, 0.1) is 0 Å². The molecule has 6 N–H and O–H groups in total. The van der Waals surface area contributed by atoms with E-state index in [0.29, 0.717) is 0 Å². The van der Waals surface area contributed by atoms with Crippen LogP contribution in [0.2, 0.25) is 0 Å². The molecule has 0 rings (SSSR count). The molecule has 0 aromatic rings. The molecule has 0 saturated heterocycles. The average molecular weight is 422 g/mol. The molecule has 0 bridgehead atoms. The summed E-state index contributed by atoms with van der Waals surface area (Å²) in [6.07, 6.45) is 0. The zero-order valence-electron chi connectivity index (χ0n) is 12.8. The van der Waals surface area contributed by atoms with E-state index < -0.39 is 72.5 Å². The second-order valence-corrected chi connectivity index (χ2v) is 3.91. The molecule has 0 fully saturated rings. The first-order chi connectivity index (χ1) is 11.2.